The van der Waals surface area contributed by atoms with E-state index < -0.39 is 0 Å². The first-order valence-corrected chi connectivity index (χ1v) is 10.7. The maximum atomic E-state index is 13.3. The van der Waals surface area contributed by atoms with Gasteiger partial charge in [-0.2, -0.15) is 0 Å². The van der Waals surface area contributed by atoms with Gasteiger partial charge in [0.15, 0.2) is 0 Å². The Bertz CT molecular complexity index is 658. The van der Waals surface area contributed by atoms with Crippen molar-refractivity contribution in [1.82, 2.24) is 4.90 Å². The van der Waals surface area contributed by atoms with E-state index in [2.05, 4.69) is 50.8 Å². The molecule has 0 spiro atoms. The van der Waals surface area contributed by atoms with E-state index in [0.717, 1.165) is 19.5 Å². The highest BCUT2D eigenvalue weighted by atomic mass is 16.2. The van der Waals surface area contributed by atoms with Gasteiger partial charge in [-0.25, -0.2) is 0 Å². The first-order valence-electron chi connectivity index (χ1n) is 10.7. The maximum absolute atomic E-state index is 13.3. The van der Waals surface area contributed by atoms with Crippen LogP contribution in [0.3, 0.4) is 0 Å². The van der Waals surface area contributed by atoms with Gasteiger partial charge in [0.05, 0.1) is 0 Å². The number of hydrogen-bond acceptors (Lipinski definition) is 3. The third-order valence-electron chi connectivity index (χ3n) is 5.84. The number of benzene rings is 1. The largest absolute Gasteiger partial charge is 0.369 e. The Labute approximate surface area is 170 Å². The summed E-state index contributed by atoms with van der Waals surface area (Å²) in [5, 5.41) is 0. The Kier molecular flexibility index (Phi) is 7.90. The highest BCUT2D eigenvalue weighted by molar-refractivity contribution is 5.87. The van der Waals surface area contributed by atoms with Crippen LogP contribution in [0.5, 0.6) is 0 Å². The van der Waals surface area contributed by atoms with E-state index in [4.69, 9.17) is 5.73 Å². The molecule has 28 heavy (non-hydrogen) atoms. The summed E-state index contributed by atoms with van der Waals surface area (Å²) in [5.41, 5.74) is 9.51. The molecule has 2 unspecified atom stereocenters. The van der Waals surface area contributed by atoms with Crippen molar-refractivity contribution >= 4 is 17.5 Å². The van der Waals surface area contributed by atoms with Crippen molar-refractivity contribution in [3.05, 3.63) is 29.3 Å². The first-order chi connectivity index (χ1) is 13.3. The summed E-state index contributed by atoms with van der Waals surface area (Å²) >= 11 is 0. The van der Waals surface area contributed by atoms with Gasteiger partial charge in [0.2, 0.25) is 11.8 Å². The quantitative estimate of drug-likeness (QED) is 0.742. The fourth-order valence-corrected chi connectivity index (χ4v) is 4.49. The van der Waals surface area contributed by atoms with E-state index >= 15 is 0 Å². The number of anilines is 1. The summed E-state index contributed by atoms with van der Waals surface area (Å²) in [5.74, 6) is -0.550. The van der Waals surface area contributed by atoms with Gasteiger partial charge in [-0.1, -0.05) is 45.4 Å². The number of rotatable bonds is 8. The first kappa shape index (κ1) is 22.3. The van der Waals surface area contributed by atoms with Crippen LogP contribution in [0.15, 0.2) is 18.2 Å². The zero-order valence-electron chi connectivity index (χ0n) is 18.2. The number of carbonyl (C=O) groups is 2. The molecule has 2 rings (SSSR count). The number of primary amides is 1. The minimum Gasteiger partial charge on any atom is -0.369 e. The number of carbonyl (C=O) groups excluding carboxylic acids is 2. The Morgan fingerprint density at radius 3 is 2.07 bits per heavy atom. The van der Waals surface area contributed by atoms with E-state index in [-0.39, 0.29) is 23.7 Å². The summed E-state index contributed by atoms with van der Waals surface area (Å²) in [4.78, 5) is 29.7. The Balaban J connectivity index is 2.11. The van der Waals surface area contributed by atoms with E-state index in [9.17, 15) is 9.59 Å². The predicted molar refractivity (Wildman–Crippen MR) is 115 cm³/mol. The minimum atomic E-state index is -0.364. The minimum absolute atomic E-state index is 0.104. The molecule has 1 heterocycles. The lowest BCUT2D eigenvalue weighted by Gasteiger charge is -2.40. The summed E-state index contributed by atoms with van der Waals surface area (Å²) < 4.78 is 0. The third-order valence-corrected chi connectivity index (χ3v) is 5.84. The Morgan fingerprint density at radius 1 is 1.04 bits per heavy atom. The Hall–Kier alpha value is -2.04. The predicted octanol–water partition coefficient (Wildman–Crippen LogP) is 3.52. The van der Waals surface area contributed by atoms with Gasteiger partial charge in [0.25, 0.3) is 0 Å². The van der Waals surface area contributed by atoms with Crippen LogP contribution in [-0.2, 0) is 9.59 Å². The second-order valence-corrected chi connectivity index (χ2v) is 8.59. The summed E-state index contributed by atoms with van der Waals surface area (Å²) in [6, 6.07) is 6.36. The number of para-hydroxylation sites is 1. The molecule has 0 aromatic heterocycles. The number of nitrogens with zero attached hydrogens (tertiary/aromatic N) is 2. The van der Waals surface area contributed by atoms with Crippen LogP contribution in [0.4, 0.5) is 5.69 Å². The van der Waals surface area contributed by atoms with Crippen molar-refractivity contribution in [3.63, 3.8) is 0 Å². The third kappa shape index (κ3) is 5.27. The van der Waals surface area contributed by atoms with Gasteiger partial charge in [0, 0.05) is 43.7 Å². The van der Waals surface area contributed by atoms with E-state index in [1.807, 2.05) is 11.8 Å². The van der Waals surface area contributed by atoms with Gasteiger partial charge < -0.3 is 15.5 Å². The van der Waals surface area contributed by atoms with Gasteiger partial charge in [-0.15, -0.1) is 0 Å². The van der Waals surface area contributed by atoms with Gasteiger partial charge in [-0.3, -0.25) is 9.59 Å². The number of nitrogens with two attached hydrogens (primary N) is 1. The second-order valence-electron chi connectivity index (χ2n) is 8.59. The molecular weight excluding hydrogens is 350 g/mol. The SMILES string of the molecule is CCCC(C(N)=O)C(CC(C)C)C(=O)N1CCN(c2c(C)cccc2C)CC1. The fourth-order valence-electron chi connectivity index (χ4n) is 4.49. The molecule has 156 valence electrons. The van der Waals surface area contributed by atoms with Crippen LogP contribution in [0.25, 0.3) is 0 Å². The van der Waals surface area contributed by atoms with Crippen LogP contribution in [0, 0.1) is 31.6 Å². The smallest absolute Gasteiger partial charge is 0.226 e. The van der Waals surface area contributed by atoms with Crippen molar-refractivity contribution in [3.8, 4) is 0 Å². The van der Waals surface area contributed by atoms with Gasteiger partial charge in [-0.05, 0) is 43.7 Å². The van der Waals surface area contributed by atoms with Gasteiger partial charge >= 0.3 is 0 Å². The molecule has 0 bridgehead atoms. The van der Waals surface area contributed by atoms with E-state index in [0.29, 0.717) is 31.8 Å². The molecule has 1 aliphatic heterocycles. The molecule has 0 radical (unpaired) electrons. The van der Waals surface area contributed by atoms with Crippen LogP contribution in [0.2, 0.25) is 0 Å². The van der Waals surface area contributed by atoms with Crippen molar-refractivity contribution in [1.29, 1.82) is 0 Å². The molecule has 2 amide bonds. The molecular formula is C23H37N3O2. The molecule has 2 atom stereocenters. The normalized spacial score (nSPS) is 16.9. The van der Waals surface area contributed by atoms with Crippen LogP contribution in [-0.4, -0.2) is 42.9 Å². The average Bonchev–Trinajstić information content (AvgIpc) is 2.64. The molecule has 1 aromatic rings. The van der Waals surface area contributed by atoms with Crippen LogP contribution < -0.4 is 10.6 Å². The monoisotopic (exact) mass is 387 g/mol. The maximum Gasteiger partial charge on any atom is 0.226 e. The Morgan fingerprint density at radius 2 is 1.61 bits per heavy atom. The highest BCUT2D eigenvalue weighted by Gasteiger charge is 2.36. The fraction of sp³-hybridized carbons (Fsp3) is 0.652. The lowest BCUT2D eigenvalue weighted by atomic mass is 9.81. The van der Waals surface area contributed by atoms with E-state index in [1.54, 1.807) is 0 Å². The standard InChI is InChI=1S/C23H37N3O2/c1-6-8-19(22(24)27)20(15-16(2)3)23(28)26-13-11-25(12-14-26)21-17(4)9-7-10-18(21)5/h7,9-10,16,19-20H,6,8,11-15H2,1-5H3,(H2,24,27). The topological polar surface area (TPSA) is 66.6 Å². The van der Waals surface area contributed by atoms with Gasteiger partial charge in [0.1, 0.15) is 0 Å². The number of aryl methyl sites for hydroxylation is 2. The lowest BCUT2D eigenvalue weighted by molar-refractivity contribution is -0.142. The zero-order valence-corrected chi connectivity index (χ0v) is 18.2. The van der Waals surface area contributed by atoms with Crippen LogP contribution >= 0.6 is 0 Å². The van der Waals surface area contributed by atoms with Crippen molar-refractivity contribution in [2.45, 2.75) is 53.9 Å². The lowest BCUT2D eigenvalue weighted by Crippen LogP contribution is -2.52. The van der Waals surface area contributed by atoms with Crippen molar-refractivity contribution < 1.29 is 9.59 Å². The second kappa shape index (κ2) is 9.94. The highest BCUT2D eigenvalue weighted by Crippen LogP contribution is 2.29. The molecule has 1 saturated heterocycles. The molecule has 2 N–H and O–H groups in total. The van der Waals surface area contributed by atoms with E-state index in [1.165, 1.54) is 16.8 Å². The average molecular weight is 388 g/mol. The summed E-state index contributed by atoms with van der Waals surface area (Å²) in [6.07, 6.45) is 2.25. The molecule has 5 nitrogen and oxygen atoms in total. The number of piperazine rings is 1. The molecule has 1 fully saturated rings. The molecule has 1 aromatic carbocycles. The summed E-state index contributed by atoms with van der Waals surface area (Å²) in [7, 11) is 0. The number of hydrogen-bond donors (Lipinski definition) is 1. The van der Waals surface area contributed by atoms with Crippen molar-refractivity contribution in [2.24, 2.45) is 23.5 Å². The molecule has 0 aliphatic carbocycles. The molecule has 5 heteroatoms. The summed E-state index contributed by atoms with van der Waals surface area (Å²) in [6.45, 7) is 13.5. The number of amides is 2. The van der Waals surface area contributed by atoms with Crippen LogP contribution in [0.1, 0.15) is 51.2 Å². The zero-order chi connectivity index (χ0) is 20.8. The molecule has 1 aliphatic rings. The molecule has 0 saturated carbocycles. The van der Waals surface area contributed by atoms with Crippen molar-refractivity contribution in [2.75, 3.05) is 31.1 Å².